The number of nitrogens with one attached hydrogen (secondary N) is 1. The van der Waals surface area contributed by atoms with Crippen LogP contribution in [0.1, 0.15) is 31.2 Å². The summed E-state index contributed by atoms with van der Waals surface area (Å²) in [4.78, 5) is 12.4. The van der Waals surface area contributed by atoms with Crippen LogP contribution in [-0.2, 0) is 14.8 Å². The zero-order chi connectivity index (χ0) is 16.6. The van der Waals surface area contributed by atoms with Gasteiger partial charge in [0.15, 0.2) is 0 Å². The molecule has 6 heteroatoms. The molecular weight excluding hydrogens is 312 g/mol. The van der Waals surface area contributed by atoms with Crippen molar-refractivity contribution in [1.29, 1.82) is 0 Å². The quantitative estimate of drug-likeness (QED) is 0.895. The van der Waals surface area contributed by atoms with Gasteiger partial charge in [0.2, 0.25) is 15.9 Å². The van der Waals surface area contributed by atoms with Gasteiger partial charge in [0.25, 0.3) is 0 Å². The minimum Gasteiger partial charge on any atom is -0.352 e. The van der Waals surface area contributed by atoms with Crippen molar-refractivity contribution in [2.24, 2.45) is 11.8 Å². The van der Waals surface area contributed by atoms with E-state index in [-0.39, 0.29) is 18.5 Å². The number of para-hydroxylation sites is 1. The summed E-state index contributed by atoms with van der Waals surface area (Å²) in [5, 5.41) is 3.06. The molecule has 0 aliphatic heterocycles. The molecule has 2 saturated carbocycles. The number of carbonyl (C=O) groups is 1. The Hall–Kier alpha value is -1.56. The van der Waals surface area contributed by atoms with Crippen molar-refractivity contribution in [3.05, 3.63) is 29.8 Å². The maximum Gasteiger partial charge on any atom is 0.241 e. The lowest BCUT2D eigenvalue weighted by atomic mass is 9.95. The minimum atomic E-state index is -3.51. The molecular formula is C17H24N2O3S. The SMILES string of the molecule is Cc1ccccc1N(CC(=O)N[C@H]1C[C@H]2CC[C@H]1C2)S(C)(=O)=O. The molecule has 0 heterocycles. The molecule has 2 aliphatic carbocycles. The molecule has 2 aliphatic rings. The van der Waals surface area contributed by atoms with Gasteiger partial charge in [-0.1, -0.05) is 24.6 Å². The molecule has 0 radical (unpaired) electrons. The van der Waals surface area contributed by atoms with E-state index in [9.17, 15) is 13.2 Å². The molecule has 5 nitrogen and oxygen atoms in total. The number of hydrogen-bond donors (Lipinski definition) is 1. The Kier molecular flexibility index (Phi) is 4.36. The molecule has 1 N–H and O–H groups in total. The molecule has 2 fully saturated rings. The van der Waals surface area contributed by atoms with Crippen molar-refractivity contribution in [3.63, 3.8) is 0 Å². The zero-order valence-corrected chi connectivity index (χ0v) is 14.5. The number of amides is 1. The summed E-state index contributed by atoms with van der Waals surface area (Å²) in [6, 6.07) is 7.45. The molecule has 0 saturated heterocycles. The Morgan fingerprint density at radius 2 is 2.00 bits per heavy atom. The molecule has 0 spiro atoms. The maximum atomic E-state index is 12.4. The van der Waals surface area contributed by atoms with E-state index in [2.05, 4.69) is 5.32 Å². The summed E-state index contributed by atoms with van der Waals surface area (Å²) in [5.41, 5.74) is 1.41. The van der Waals surface area contributed by atoms with Crippen LogP contribution < -0.4 is 9.62 Å². The Labute approximate surface area is 138 Å². The lowest BCUT2D eigenvalue weighted by molar-refractivity contribution is -0.120. The number of benzene rings is 1. The Morgan fingerprint density at radius 1 is 1.26 bits per heavy atom. The summed E-state index contributed by atoms with van der Waals surface area (Å²) in [7, 11) is -3.51. The van der Waals surface area contributed by atoms with Crippen LogP contribution in [-0.4, -0.2) is 33.2 Å². The second-order valence-electron chi connectivity index (χ2n) is 6.90. The van der Waals surface area contributed by atoms with E-state index in [0.717, 1.165) is 24.2 Å². The van der Waals surface area contributed by atoms with Crippen LogP contribution in [0.3, 0.4) is 0 Å². The zero-order valence-electron chi connectivity index (χ0n) is 13.7. The predicted octanol–water partition coefficient (Wildman–Crippen LogP) is 2.07. The molecule has 1 aromatic rings. The van der Waals surface area contributed by atoms with Crippen LogP contribution in [0.4, 0.5) is 5.69 Å². The van der Waals surface area contributed by atoms with Crippen LogP contribution in [0.25, 0.3) is 0 Å². The van der Waals surface area contributed by atoms with Gasteiger partial charge in [0.05, 0.1) is 11.9 Å². The number of carbonyl (C=O) groups excluding carboxylic acids is 1. The molecule has 0 unspecified atom stereocenters. The first-order valence-electron chi connectivity index (χ1n) is 8.17. The number of nitrogens with zero attached hydrogens (tertiary/aromatic N) is 1. The van der Waals surface area contributed by atoms with Gasteiger partial charge >= 0.3 is 0 Å². The minimum absolute atomic E-state index is 0.155. The number of hydrogen-bond acceptors (Lipinski definition) is 3. The fourth-order valence-corrected chi connectivity index (χ4v) is 4.94. The molecule has 1 aromatic carbocycles. The van der Waals surface area contributed by atoms with Gasteiger partial charge in [-0.25, -0.2) is 8.42 Å². The monoisotopic (exact) mass is 336 g/mol. The highest BCUT2D eigenvalue weighted by molar-refractivity contribution is 7.92. The van der Waals surface area contributed by atoms with Crippen molar-refractivity contribution in [2.75, 3.05) is 17.1 Å². The van der Waals surface area contributed by atoms with Gasteiger partial charge in [-0.05, 0) is 49.7 Å². The van der Waals surface area contributed by atoms with E-state index >= 15 is 0 Å². The highest BCUT2D eigenvalue weighted by Crippen LogP contribution is 2.44. The summed E-state index contributed by atoms with van der Waals surface area (Å²) in [6.07, 6.45) is 5.85. The van der Waals surface area contributed by atoms with Gasteiger partial charge in [0, 0.05) is 6.04 Å². The highest BCUT2D eigenvalue weighted by Gasteiger charge is 2.40. The predicted molar refractivity (Wildman–Crippen MR) is 90.7 cm³/mol. The molecule has 126 valence electrons. The summed E-state index contributed by atoms with van der Waals surface area (Å²) in [5.74, 6) is 1.11. The third-order valence-corrected chi connectivity index (χ3v) is 6.28. The molecule has 2 bridgehead atoms. The fourth-order valence-electron chi connectivity index (χ4n) is 4.03. The molecule has 1 amide bonds. The first kappa shape index (κ1) is 16.3. The smallest absolute Gasteiger partial charge is 0.241 e. The standard InChI is InChI=1S/C17H24N2O3S/c1-12-5-3-4-6-16(12)19(23(2,21)22)11-17(20)18-15-10-13-7-8-14(15)9-13/h3-6,13-15H,7-11H2,1-2H3,(H,18,20)/t13-,14-,15-/m0/s1. The topological polar surface area (TPSA) is 66.5 Å². The van der Waals surface area contributed by atoms with Crippen molar-refractivity contribution in [2.45, 2.75) is 38.6 Å². The highest BCUT2D eigenvalue weighted by atomic mass is 32.2. The summed E-state index contributed by atoms with van der Waals surface area (Å²) in [6.45, 7) is 1.69. The van der Waals surface area contributed by atoms with Crippen molar-refractivity contribution >= 4 is 21.6 Å². The molecule has 0 aromatic heterocycles. The third-order valence-electron chi connectivity index (χ3n) is 5.16. The number of rotatable bonds is 5. The summed E-state index contributed by atoms with van der Waals surface area (Å²) >= 11 is 0. The first-order chi connectivity index (χ1) is 10.8. The second kappa shape index (κ2) is 6.15. The van der Waals surface area contributed by atoms with E-state index in [1.54, 1.807) is 12.1 Å². The molecule has 3 rings (SSSR count). The molecule has 3 atom stereocenters. The Balaban J connectivity index is 1.72. The van der Waals surface area contributed by atoms with E-state index in [0.29, 0.717) is 11.6 Å². The van der Waals surface area contributed by atoms with E-state index in [4.69, 9.17) is 0 Å². The Morgan fingerprint density at radius 3 is 2.57 bits per heavy atom. The van der Waals surface area contributed by atoms with Crippen molar-refractivity contribution in [3.8, 4) is 0 Å². The van der Waals surface area contributed by atoms with Crippen molar-refractivity contribution in [1.82, 2.24) is 5.32 Å². The van der Waals surface area contributed by atoms with Gasteiger partial charge in [-0.3, -0.25) is 9.10 Å². The van der Waals surface area contributed by atoms with Gasteiger partial charge in [-0.15, -0.1) is 0 Å². The average Bonchev–Trinajstić information content (AvgIpc) is 3.07. The molecule has 23 heavy (non-hydrogen) atoms. The first-order valence-corrected chi connectivity index (χ1v) is 10.0. The number of aryl methyl sites for hydroxylation is 1. The third kappa shape index (κ3) is 3.52. The van der Waals surface area contributed by atoms with Gasteiger partial charge in [0.1, 0.15) is 6.54 Å². The van der Waals surface area contributed by atoms with Gasteiger partial charge < -0.3 is 5.32 Å². The average molecular weight is 336 g/mol. The number of sulfonamides is 1. The van der Waals surface area contributed by atoms with Crippen molar-refractivity contribution < 1.29 is 13.2 Å². The van der Waals surface area contributed by atoms with E-state index in [1.165, 1.54) is 23.6 Å². The number of anilines is 1. The van der Waals surface area contributed by atoms with Crippen LogP contribution in [0.2, 0.25) is 0 Å². The number of fused-ring (bicyclic) bond motifs is 2. The maximum absolute atomic E-state index is 12.4. The lowest BCUT2D eigenvalue weighted by Gasteiger charge is -2.27. The largest absolute Gasteiger partial charge is 0.352 e. The van der Waals surface area contributed by atoms with E-state index in [1.807, 2.05) is 19.1 Å². The second-order valence-corrected chi connectivity index (χ2v) is 8.81. The van der Waals surface area contributed by atoms with Gasteiger partial charge in [-0.2, -0.15) is 0 Å². The Bertz CT molecular complexity index is 702. The summed E-state index contributed by atoms with van der Waals surface area (Å²) < 4.78 is 25.5. The lowest BCUT2D eigenvalue weighted by Crippen LogP contribution is -2.45. The normalized spacial score (nSPS) is 26.3. The van der Waals surface area contributed by atoms with Crippen LogP contribution in [0.5, 0.6) is 0 Å². The fraction of sp³-hybridized carbons (Fsp3) is 0.588. The van der Waals surface area contributed by atoms with Crippen LogP contribution in [0, 0.1) is 18.8 Å². The van der Waals surface area contributed by atoms with Crippen LogP contribution >= 0.6 is 0 Å². The van der Waals surface area contributed by atoms with Crippen LogP contribution in [0.15, 0.2) is 24.3 Å². The van der Waals surface area contributed by atoms with E-state index < -0.39 is 10.0 Å².